The zero-order chi connectivity index (χ0) is 9.52. The van der Waals surface area contributed by atoms with Gasteiger partial charge in [-0.05, 0) is 12.8 Å². The Hall–Kier alpha value is -0.610. The van der Waals surface area contributed by atoms with Gasteiger partial charge in [-0.3, -0.25) is 10.2 Å². The van der Waals surface area contributed by atoms with Crippen LogP contribution in [0, 0.1) is 0 Å². The number of rotatable bonds is 4. The summed E-state index contributed by atoms with van der Waals surface area (Å²) >= 11 is 0. The summed E-state index contributed by atoms with van der Waals surface area (Å²) in [5.74, 6) is 4.87. The molecule has 76 valence electrons. The second kappa shape index (κ2) is 5.94. The summed E-state index contributed by atoms with van der Waals surface area (Å²) in [6, 6.07) is 0.624. The van der Waals surface area contributed by atoms with Crippen LogP contribution in [0.3, 0.4) is 0 Å². The van der Waals surface area contributed by atoms with E-state index < -0.39 is 0 Å². The number of carbonyl (C=O) groups excluding carboxylic acids is 1. The quantitative estimate of drug-likeness (QED) is 0.335. The van der Waals surface area contributed by atoms with Crippen LogP contribution in [0.15, 0.2) is 0 Å². The fourth-order valence-corrected chi connectivity index (χ4v) is 1.77. The zero-order valence-corrected chi connectivity index (χ0v) is 8.01. The van der Waals surface area contributed by atoms with Gasteiger partial charge < -0.3 is 5.32 Å². The van der Waals surface area contributed by atoms with E-state index >= 15 is 0 Å². The van der Waals surface area contributed by atoms with Crippen molar-refractivity contribution in [2.45, 2.75) is 44.6 Å². The third-order valence-corrected chi connectivity index (χ3v) is 2.55. The molecule has 4 nitrogen and oxygen atoms in total. The number of carbonyl (C=O) groups is 1. The molecule has 1 fully saturated rings. The van der Waals surface area contributed by atoms with Crippen LogP contribution >= 0.6 is 0 Å². The summed E-state index contributed by atoms with van der Waals surface area (Å²) in [6.07, 6.45) is 6.99. The first-order valence-corrected chi connectivity index (χ1v) is 5.06. The van der Waals surface area contributed by atoms with Crippen LogP contribution in [-0.2, 0) is 4.79 Å². The Balaban J connectivity index is 2.01. The number of hydrogen-bond acceptors (Lipinski definition) is 3. The number of amides is 1. The first kappa shape index (κ1) is 10.5. The Kier molecular flexibility index (Phi) is 4.78. The van der Waals surface area contributed by atoms with Gasteiger partial charge in [0.05, 0.1) is 0 Å². The van der Waals surface area contributed by atoms with Crippen molar-refractivity contribution in [3.8, 4) is 0 Å². The first-order chi connectivity index (χ1) is 6.33. The molecule has 1 aliphatic rings. The number of hydrazine groups is 1. The van der Waals surface area contributed by atoms with Crippen molar-refractivity contribution < 1.29 is 4.79 Å². The molecule has 1 aliphatic carbocycles. The van der Waals surface area contributed by atoms with E-state index in [1.54, 1.807) is 0 Å². The molecule has 4 heteroatoms. The minimum absolute atomic E-state index is 0.0942. The molecule has 0 bridgehead atoms. The standard InChI is InChI=1S/C9H19N3O/c10-12-9(13)6-7-11-8-4-2-1-3-5-8/h8,11H,1-7,10H2,(H,12,13). The van der Waals surface area contributed by atoms with Crippen molar-refractivity contribution in [1.29, 1.82) is 0 Å². The van der Waals surface area contributed by atoms with Gasteiger partial charge in [0.25, 0.3) is 0 Å². The lowest BCUT2D eigenvalue weighted by Crippen LogP contribution is -2.36. The average molecular weight is 185 g/mol. The lowest BCUT2D eigenvalue weighted by molar-refractivity contribution is -0.121. The summed E-state index contributed by atoms with van der Waals surface area (Å²) in [6.45, 7) is 0.744. The van der Waals surface area contributed by atoms with Crippen LogP contribution in [-0.4, -0.2) is 18.5 Å². The Labute approximate surface area is 79.2 Å². The number of nitrogens with two attached hydrogens (primary N) is 1. The molecule has 4 N–H and O–H groups in total. The largest absolute Gasteiger partial charge is 0.313 e. The smallest absolute Gasteiger partial charge is 0.235 e. The van der Waals surface area contributed by atoms with Crippen LogP contribution in [0.25, 0.3) is 0 Å². The fourth-order valence-electron chi connectivity index (χ4n) is 1.77. The molecule has 0 aromatic rings. The molecule has 1 rings (SSSR count). The SMILES string of the molecule is NNC(=O)CCNC1CCCCC1. The molecular formula is C9H19N3O. The van der Waals surface area contributed by atoms with E-state index in [2.05, 4.69) is 10.7 Å². The maximum atomic E-state index is 10.8. The fraction of sp³-hybridized carbons (Fsp3) is 0.889. The molecule has 0 aliphatic heterocycles. The zero-order valence-electron chi connectivity index (χ0n) is 8.01. The molecule has 0 aromatic carbocycles. The number of nitrogens with one attached hydrogen (secondary N) is 2. The average Bonchev–Trinajstić information content (AvgIpc) is 2.19. The van der Waals surface area contributed by atoms with Gasteiger partial charge in [-0.15, -0.1) is 0 Å². The van der Waals surface area contributed by atoms with E-state index in [1.807, 2.05) is 0 Å². The van der Waals surface area contributed by atoms with Crippen LogP contribution in [0.2, 0.25) is 0 Å². The lowest BCUT2D eigenvalue weighted by Gasteiger charge is -2.22. The number of hydrogen-bond donors (Lipinski definition) is 3. The Morgan fingerprint density at radius 2 is 2.00 bits per heavy atom. The van der Waals surface area contributed by atoms with Crippen LogP contribution < -0.4 is 16.6 Å². The van der Waals surface area contributed by atoms with Crippen LogP contribution in [0.5, 0.6) is 0 Å². The van der Waals surface area contributed by atoms with Crippen molar-refractivity contribution in [2.75, 3.05) is 6.54 Å². The molecular weight excluding hydrogens is 166 g/mol. The summed E-state index contributed by atoms with van der Waals surface area (Å²) < 4.78 is 0. The highest BCUT2D eigenvalue weighted by molar-refractivity contribution is 5.75. The maximum Gasteiger partial charge on any atom is 0.235 e. The highest BCUT2D eigenvalue weighted by Crippen LogP contribution is 2.16. The minimum Gasteiger partial charge on any atom is -0.313 e. The van der Waals surface area contributed by atoms with Gasteiger partial charge >= 0.3 is 0 Å². The van der Waals surface area contributed by atoms with E-state index in [4.69, 9.17) is 5.84 Å². The van der Waals surface area contributed by atoms with Crippen LogP contribution in [0.4, 0.5) is 0 Å². The summed E-state index contributed by atoms with van der Waals surface area (Å²) in [4.78, 5) is 10.8. The highest BCUT2D eigenvalue weighted by atomic mass is 16.2. The highest BCUT2D eigenvalue weighted by Gasteiger charge is 2.12. The van der Waals surface area contributed by atoms with Crippen LogP contribution in [0.1, 0.15) is 38.5 Å². The van der Waals surface area contributed by atoms with E-state index in [9.17, 15) is 4.79 Å². The molecule has 0 spiro atoms. The summed E-state index contributed by atoms with van der Waals surface area (Å²) in [5.41, 5.74) is 2.12. The maximum absolute atomic E-state index is 10.8. The topological polar surface area (TPSA) is 67.1 Å². The molecule has 1 amide bonds. The van der Waals surface area contributed by atoms with Gasteiger partial charge in [-0.1, -0.05) is 19.3 Å². The van der Waals surface area contributed by atoms with Gasteiger partial charge in [0, 0.05) is 19.0 Å². The molecule has 0 atom stereocenters. The van der Waals surface area contributed by atoms with Crippen molar-refractivity contribution in [1.82, 2.24) is 10.7 Å². The predicted octanol–water partition coefficient (Wildman–Crippen LogP) is 0.289. The summed E-state index contributed by atoms with van der Waals surface area (Å²) in [7, 11) is 0. The molecule has 0 unspecified atom stereocenters. The third kappa shape index (κ3) is 4.24. The van der Waals surface area contributed by atoms with E-state index in [0.717, 1.165) is 6.54 Å². The summed E-state index contributed by atoms with van der Waals surface area (Å²) in [5, 5.41) is 3.37. The van der Waals surface area contributed by atoms with E-state index in [-0.39, 0.29) is 5.91 Å². The molecule has 1 saturated carbocycles. The molecule has 0 aromatic heterocycles. The Bertz CT molecular complexity index is 155. The Morgan fingerprint density at radius 1 is 1.31 bits per heavy atom. The predicted molar refractivity (Wildman–Crippen MR) is 51.8 cm³/mol. The van der Waals surface area contributed by atoms with E-state index in [1.165, 1.54) is 32.1 Å². The normalized spacial score (nSPS) is 18.5. The second-order valence-electron chi connectivity index (χ2n) is 3.61. The third-order valence-electron chi connectivity index (χ3n) is 2.55. The molecule has 13 heavy (non-hydrogen) atoms. The van der Waals surface area contributed by atoms with Gasteiger partial charge in [0.2, 0.25) is 5.91 Å². The second-order valence-corrected chi connectivity index (χ2v) is 3.61. The Morgan fingerprint density at radius 3 is 2.62 bits per heavy atom. The molecule has 0 heterocycles. The van der Waals surface area contributed by atoms with Crippen molar-refractivity contribution >= 4 is 5.91 Å². The van der Waals surface area contributed by atoms with Crippen molar-refractivity contribution in [3.63, 3.8) is 0 Å². The van der Waals surface area contributed by atoms with Crippen molar-refractivity contribution in [2.24, 2.45) is 5.84 Å². The van der Waals surface area contributed by atoms with E-state index in [0.29, 0.717) is 12.5 Å². The molecule has 0 radical (unpaired) electrons. The van der Waals surface area contributed by atoms with Gasteiger partial charge in [0.15, 0.2) is 0 Å². The minimum atomic E-state index is -0.0942. The van der Waals surface area contributed by atoms with Gasteiger partial charge in [0.1, 0.15) is 0 Å². The van der Waals surface area contributed by atoms with Gasteiger partial charge in [-0.25, -0.2) is 5.84 Å². The monoisotopic (exact) mass is 185 g/mol. The molecule has 0 saturated heterocycles. The van der Waals surface area contributed by atoms with Gasteiger partial charge in [-0.2, -0.15) is 0 Å². The first-order valence-electron chi connectivity index (χ1n) is 5.06. The lowest BCUT2D eigenvalue weighted by atomic mass is 9.95. The van der Waals surface area contributed by atoms with Crippen molar-refractivity contribution in [3.05, 3.63) is 0 Å².